The first-order valence-corrected chi connectivity index (χ1v) is 2.60. The van der Waals surface area contributed by atoms with Crippen LogP contribution in [0.4, 0.5) is 0 Å². The Balaban J connectivity index is 2.55. The molecular formula is C6H8O2. The minimum atomic E-state index is 0.163. The third-order valence-electron chi connectivity index (χ3n) is 1.08. The molecule has 0 spiro atoms. The van der Waals surface area contributed by atoms with Crippen LogP contribution in [0.15, 0.2) is 11.8 Å². The van der Waals surface area contributed by atoms with Gasteiger partial charge in [-0.1, -0.05) is 0 Å². The topological polar surface area (TPSA) is 26.3 Å². The van der Waals surface area contributed by atoms with Crippen LogP contribution in [0.5, 0.6) is 0 Å². The molecule has 2 nitrogen and oxygen atoms in total. The van der Waals surface area contributed by atoms with Gasteiger partial charge in [-0.3, -0.25) is 4.79 Å². The minimum Gasteiger partial charge on any atom is -0.491 e. The molecule has 8 heavy (non-hydrogen) atoms. The Hall–Kier alpha value is -0.790. The number of hydrogen-bond donors (Lipinski definition) is 0. The van der Waals surface area contributed by atoms with E-state index in [1.165, 1.54) is 0 Å². The van der Waals surface area contributed by atoms with E-state index in [0.717, 1.165) is 5.76 Å². The highest BCUT2D eigenvalue weighted by Gasteiger charge is 2.05. The van der Waals surface area contributed by atoms with Crippen LogP contribution >= 0.6 is 0 Å². The van der Waals surface area contributed by atoms with E-state index in [1.54, 1.807) is 6.08 Å². The molecule has 1 aliphatic heterocycles. The molecule has 1 rings (SSSR count). The number of ketones is 1. The van der Waals surface area contributed by atoms with E-state index >= 15 is 0 Å². The Morgan fingerprint density at radius 1 is 1.75 bits per heavy atom. The first-order chi connectivity index (χ1) is 3.79. The van der Waals surface area contributed by atoms with E-state index in [4.69, 9.17) is 4.74 Å². The molecule has 2 heteroatoms. The summed E-state index contributed by atoms with van der Waals surface area (Å²) < 4.78 is 4.90. The van der Waals surface area contributed by atoms with Gasteiger partial charge in [0, 0.05) is 6.42 Å². The zero-order valence-electron chi connectivity index (χ0n) is 4.81. The number of hydrogen-bond acceptors (Lipinski definition) is 2. The molecule has 0 aliphatic carbocycles. The van der Waals surface area contributed by atoms with Crippen LogP contribution in [-0.4, -0.2) is 12.4 Å². The summed E-state index contributed by atoms with van der Waals surface area (Å²) in [5.74, 6) is 1.03. The summed E-state index contributed by atoms with van der Waals surface area (Å²) >= 11 is 0. The lowest BCUT2D eigenvalue weighted by Crippen LogP contribution is -2.10. The highest BCUT2D eigenvalue weighted by Crippen LogP contribution is 2.04. The summed E-state index contributed by atoms with van der Waals surface area (Å²) in [6.07, 6.45) is 2.34. The molecule has 1 heterocycles. The zero-order valence-corrected chi connectivity index (χ0v) is 4.81. The highest BCUT2D eigenvalue weighted by atomic mass is 16.5. The lowest BCUT2D eigenvalue weighted by molar-refractivity contribution is -0.122. The fourth-order valence-corrected chi connectivity index (χ4v) is 0.570. The first kappa shape index (κ1) is 5.35. The molecule has 0 bridgehead atoms. The van der Waals surface area contributed by atoms with Gasteiger partial charge in [0.15, 0.2) is 5.78 Å². The summed E-state index contributed by atoms with van der Waals surface area (Å²) in [6, 6.07) is 0. The first-order valence-electron chi connectivity index (χ1n) is 2.60. The quantitative estimate of drug-likeness (QED) is 0.465. The Morgan fingerprint density at radius 3 is 2.88 bits per heavy atom. The Bertz CT molecular complexity index is 135. The number of carbonyl (C=O) groups excluding carboxylic acids is 1. The molecule has 0 N–H and O–H groups in total. The van der Waals surface area contributed by atoms with E-state index in [0.29, 0.717) is 6.42 Å². The third-order valence-corrected chi connectivity index (χ3v) is 1.08. The zero-order chi connectivity index (χ0) is 5.98. The Kier molecular flexibility index (Phi) is 1.33. The molecule has 0 fully saturated rings. The number of allylic oxidation sites excluding steroid dienone is 2. The van der Waals surface area contributed by atoms with Crippen LogP contribution in [0.1, 0.15) is 13.3 Å². The van der Waals surface area contributed by atoms with Crippen molar-refractivity contribution in [2.75, 3.05) is 6.61 Å². The van der Waals surface area contributed by atoms with E-state index < -0.39 is 0 Å². The van der Waals surface area contributed by atoms with Crippen molar-refractivity contribution in [3.8, 4) is 0 Å². The van der Waals surface area contributed by atoms with Crippen LogP contribution < -0.4 is 0 Å². The summed E-state index contributed by atoms with van der Waals surface area (Å²) in [5, 5.41) is 0. The van der Waals surface area contributed by atoms with E-state index in [2.05, 4.69) is 0 Å². The van der Waals surface area contributed by atoms with Crippen LogP contribution in [-0.2, 0) is 9.53 Å². The lowest BCUT2D eigenvalue weighted by Gasteiger charge is -2.08. The maximum Gasteiger partial charge on any atom is 0.174 e. The number of ether oxygens (including phenoxy) is 1. The van der Waals surface area contributed by atoms with Crippen LogP contribution in [0.3, 0.4) is 0 Å². The monoisotopic (exact) mass is 112 g/mol. The van der Waals surface area contributed by atoms with Crippen LogP contribution in [0, 0.1) is 0 Å². The maximum atomic E-state index is 10.4. The SMILES string of the molecule is CC1=CCC(=O)CO1. The van der Waals surface area contributed by atoms with Gasteiger partial charge in [0.05, 0.1) is 5.76 Å². The molecule has 0 atom stereocenters. The van der Waals surface area contributed by atoms with Gasteiger partial charge in [-0.05, 0) is 13.0 Å². The second-order valence-corrected chi connectivity index (χ2v) is 1.85. The van der Waals surface area contributed by atoms with Crippen molar-refractivity contribution in [2.45, 2.75) is 13.3 Å². The second kappa shape index (κ2) is 1.99. The van der Waals surface area contributed by atoms with Gasteiger partial charge in [0.2, 0.25) is 0 Å². The van der Waals surface area contributed by atoms with Gasteiger partial charge in [0.1, 0.15) is 6.61 Å². The molecule has 0 amide bonds. The summed E-state index contributed by atoms with van der Waals surface area (Å²) in [6.45, 7) is 2.12. The summed E-state index contributed by atoms with van der Waals surface area (Å²) in [5.41, 5.74) is 0. The average molecular weight is 112 g/mol. The molecule has 1 aliphatic rings. The van der Waals surface area contributed by atoms with Gasteiger partial charge < -0.3 is 4.74 Å². The van der Waals surface area contributed by atoms with Gasteiger partial charge in [-0.15, -0.1) is 0 Å². The maximum absolute atomic E-state index is 10.4. The van der Waals surface area contributed by atoms with Crippen molar-refractivity contribution in [1.29, 1.82) is 0 Å². The molecule has 0 aromatic carbocycles. The van der Waals surface area contributed by atoms with E-state index in [-0.39, 0.29) is 12.4 Å². The Labute approximate surface area is 48.1 Å². The average Bonchev–Trinajstić information content (AvgIpc) is 1.77. The highest BCUT2D eigenvalue weighted by molar-refractivity contribution is 5.81. The van der Waals surface area contributed by atoms with Crippen molar-refractivity contribution in [1.82, 2.24) is 0 Å². The second-order valence-electron chi connectivity index (χ2n) is 1.85. The molecular weight excluding hydrogens is 104 g/mol. The normalized spacial score (nSPS) is 19.6. The van der Waals surface area contributed by atoms with Gasteiger partial charge >= 0.3 is 0 Å². The molecule has 0 aromatic heterocycles. The largest absolute Gasteiger partial charge is 0.491 e. The smallest absolute Gasteiger partial charge is 0.174 e. The molecule has 0 radical (unpaired) electrons. The summed E-state index contributed by atoms with van der Waals surface area (Å²) in [4.78, 5) is 10.4. The summed E-state index contributed by atoms with van der Waals surface area (Å²) in [7, 11) is 0. The molecule has 0 aromatic rings. The van der Waals surface area contributed by atoms with E-state index in [1.807, 2.05) is 6.92 Å². The fraction of sp³-hybridized carbons (Fsp3) is 0.500. The number of rotatable bonds is 0. The number of Topliss-reactive ketones (excluding diaryl/α,β-unsaturated/α-hetero) is 1. The molecule has 0 saturated carbocycles. The van der Waals surface area contributed by atoms with Gasteiger partial charge in [0.25, 0.3) is 0 Å². The van der Waals surface area contributed by atoms with Gasteiger partial charge in [-0.25, -0.2) is 0 Å². The van der Waals surface area contributed by atoms with Crippen molar-refractivity contribution in [3.63, 3.8) is 0 Å². The molecule has 0 saturated heterocycles. The van der Waals surface area contributed by atoms with Crippen molar-refractivity contribution in [3.05, 3.63) is 11.8 Å². The van der Waals surface area contributed by atoms with Crippen molar-refractivity contribution in [2.24, 2.45) is 0 Å². The van der Waals surface area contributed by atoms with Crippen molar-refractivity contribution >= 4 is 5.78 Å². The number of carbonyl (C=O) groups is 1. The fourth-order valence-electron chi connectivity index (χ4n) is 0.570. The van der Waals surface area contributed by atoms with Crippen LogP contribution in [0.2, 0.25) is 0 Å². The van der Waals surface area contributed by atoms with Gasteiger partial charge in [-0.2, -0.15) is 0 Å². The molecule has 44 valence electrons. The molecule has 0 unspecified atom stereocenters. The standard InChI is InChI=1S/C6H8O2/c1-5-2-3-6(7)4-8-5/h2H,3-4H2,1H3. The predicted molar refractivity (Wildman–Crippen MR) is 29.3 cm³/mol. The predicted octanol–water partition coefficient (Wildman–Crippen LogP) is 0.880. The lowest BCUT2D eigenvalue weighted by atomic mass is 10.2. The Morgan fingerprint density at radius 2 is 2.50 bits per heavy atom. The third kappa shape index (κ3) is 1.09. The van der Waals surface area contributed by atoms with E-state index in [9.17, 15) is 4.79 Å². The van der Waals surface area contributed by atoms with Crippen molar-refractivity contribution < 1.29 is 9.53 Å². The van der Waals surface area contributed by atoms with Crippen LogP contribution in [0.25, 0.3) is 0 Å². The minimum absolute atomic E-state index is 0.163.